The first-order chi connectivity index (χ1) is 15.9. The molecule has 0 saturated carbocycles. The Hall–Kier alpha value is -3.58. The Kier molecular flexibility index (Phi) is 8.27. The second-order valence-electron chi connectivity index (χ2n) is 7.39. The van der Waals surface area contributed by atoms with Gasteiger partial charge in [-0.3, -0.25) is 9.59 Å². The van der Waals surface area contributed by atoms with Crippen LogP contribution in [0.1, 0.15) is 46.2 Å². The number of halogens is 1. The first-order valence-corrected chi connectivity index (χ1v) is 10.7. The molecule has 1 heterocycles. The van der Waals surface area contributed by atoms with Crippen molar-refractivity contribution in [2.75, 3.05) is 20.3 Å². The van der Waals surface area contributed by atoms with E-state index in [0.717, 1.165) is 5.56 Å². The van der Waals surface area contributed by atoms with E-state index in [0.29, 0.717) is 34.7 Å². The van der Waals surface area contributed by atoms with Crippen molar-refractivity contribution in [3.63, 3.8) is 0 Å². The van der Waals surface area contributed by atoms with Crippen molar-refractivity contribution in [2.24, 2.45) is 0 Å². The zero-order chi connectivity index (χ0) is 23.8. The van der Waals surface area contributed by atoms with Crippen LogP contribution in [0.25, 0.3) is 11.3 Å². The number of rotatable bonds is 11. The second-order valence-corrected chi connectivity index (χ2v) is 7.39. The number of ether oxygens (including phenoxy) is 2. The molecule has 172 valence electrons. The highest BCUT2D eigenvalue weighted by atomic mass is 19.1. The van der Waals surface area contributed by atoms with E-state index < -0.39 is 0 Å². The van der Waals surface area contributed by atoms with Gasteiger partial charge < -0.3 is 14.6 Å². The van der Waals surface area contributed by atoms with Crippen molar-refractivity contribution in [3.05, 3.63) is 77.2 Å². The van der Waals surface area contributed by atoms with Crippen LogP contribution >= 0.6 is 0 Å². The van der Waals surface area contributed by atoms with Crippen LogP contribution in [-0.4, -0.2) is 42.0 Å². The van der Waals surface area contributed by atoms with Gasteiger partial charge in [-0.1, -0.05) is 6.92 Å². The van der Waals surface area contributed by atoms with Crippen molar-refractivity contribution in [2.45, 2.75) is 26.2 Å². The van der Waals surface area contributed by atoms with Crippen LogP contribution in [-0.2, 0) is 6.42 Å². The minimum Gasteiger partial charge on any atom is -0.493 e. The van der Waals surface area contributed by atoms with Gasteiger partial charge in [-0.15, -0.1) is 0 Å². The lowest BCUT2D eigenvalue weighted by atomic mass is 10.0. The van der Waals surface area contributed by atoms with Gasteiger partial charge in [-0.05, 0) is 66.6 Å². The van der Waals surface area contributed by atoms with Crippen LogP contribution in [0.3, 0.4) is 0 Å². The fourth-order valence-electron chi connectivity index (χ4n) is 3.32. The largest absolute Gasteiger partial charge is 0.493 e. The van der Waals surface area contributed by atoms with Gasteiger partial charge in [0.15, 0.2) is 23.1 Å². The summed E-state index contributed by atoms with van der Waals surface area (Å²) >= 11 is 0. The molecule has 0 aliphatic rings. The molecule has 7 heteroatoms. The summed E-state index contributed by atoms with van der Waals surface area (Å²) < 4.78 is 23.9. The number of pyridine rings is 1. The predicted octanol–water partition coefficient (Wildman–Crippen LogP) is 4.68. The van der Waals surface area contributed by atoms with Crippen molar-refractivity contribution in [1.29, 1.82) is 0 Å². The fourth-order valence-corrected chi connectivity index (χ4v) is 3.32. The van der Waals surface area contributed by atoms with Crippen molar-refractivity contribution >= 4 is 11.6 Å². The summed E-state index contributed by atoms with van der Waals surface area (Å²) in [6.07, 6.45) is 0.732. The van der Waals surface area contributed by atoms with Crippen LogP contribution in [0.2, 0.25) is 0 Å². The lowest BCUT2D eigenvalue weighted by molar-refractivity contribution is 0.0915. The third kappa shape index (κ3) is 6.23. The molecule has 0 spiro atoms. The van der Waals surface area contributed by atoms with Gasteiger partial charge in [0.2, 0.25) is 0 Å². The Labute approximate surface area is 192 Å². The molecule has 3 aromatic rings. The van der Waals surface area contributed by atoms with E-state index in [-0.39, 0.29) is 49.1 Å². The number of hydrogen-bond donors (Lipinski definition) is 1. The van der Waals surface area contributed by atoms with E-state index in [1.165, 1.54) is 19.2 Å². The molecule has 2 aromatic carbocycles. The maximum Gasteiger partial charge on any atom is 0.181 e. The van der Waals surface area contributed by atoms with Crippen LogP contribution in [0.15, 0.2) is 54.6 Å². The summed E-state index contributed by atoms with van der Waals surface area (Å²) in [4.78, 5) is 30.0. The number of aryl methyl sites for hydroxylation is 1. The summed E-state index contributed by atoms with van der Waals surface area (Å²) in [7, 11) is 1.46. The van der Waals surface area contributed by atoms with Crippen molar-refractivity contribution < 1.29 is 28.6 Å². The van der Waals surface area contributed by atoms with E-state index >= 15 is 0 Å². The topological polar surface area (TPSA) is 85.7 Å². The number of hydrogen-bond acceptors (Lipinski definition) is 6. The van der Waals surface area contributed by atoms with Gasteiger partial charge >= 0.3 is 0 Å². The van der Waals surface area contributed by atoms with Gasteiger partial charge in [-0.2, -0.15) is 0 Å². The molecule has 0 aliphatic heterocycles. The normalized spacial score (nSPS) is 10.7. The monoisotopic (exact) mass is 451 g/mol. The number of aliphatic hydroxyl groups excluding tert-OH is 1. The Morgan fingerprint density at radius 2 is 1.70 bits per heavy atom. The number of aromatic nitrogens is 1. The smallest absolute Gasteiger partial charge is 0.181 e. The Balaban J connectivity index is 1.73. The molecule has 6 nitrogen and oxygen atoms in total. The Morgan fingerprint density at radius 1 is 0.970 bits per heavy atom. The van der Waals surface area contributed by atoms with Gasteiger partial charge in [0.1, 0.15) is 18.1 Å². The number of methoxy groups -OCH3 is 1. The molecule has 0 unspecified atom stereocenters. The number of carbonyl (C=O) groups is 2. The summed E-state index contributed by atoms with van der Waals surface area (Å²) in [6.45, 7) is 1.95. The quantitative estimate of drug-likeness (QED) is 0.426. The molecule has 1 N–H and O–H groups in total. The standard InChI is InChI=1S/C26H26FNO5/c1-3-17-14-21(18-4-7-20(27)8-5-18)28-22(15-17)24(31)10-9-23(30)19-6-11-25(33-13-12-29)26(16-19)32-2/h4-8,11,14-16,29H,3,9-10,12-13H2,1-2H3. The van der Waals surface area contributed by atoms with Gasteiger partial charge in [0.05, 0.1) is 19.4 Å². The molecular weight excluding hydrogens is 425 g/mol. The van der Waals surface area contributed by atoms with E-state index in [2.05, 4.69) is 4.98 Å². The SMILES string of the molecule is CCc1cc(C(=O)CCC(=O)c2ccc(OCCO)c(OC)c2)nc(-c2ccc(F)cc2)c1. The number of aliphatic hydroxyl groups is 1. The van der Waals surface area contributed by atoms with E-state index in [9.17, 15) is 14.0 Å². The molecule has 3 rings (SSSR count). The third-order valence-electron chi connectivity index (χ3n) is 5.13. The number of nitrogens with zero attached hydrogens (tertiary/aromatic N) is 1. The zero-order valence-electron chi connectivity index (χ0n) is 18.6. The molecule has 0 aliphatic carbocycles. The number of Topliss-reactive ketones (excluding diaryl/α,β-unsaturated/α-hetero) is 2. The maximum atomic E-state index is 13.3. The van der Waals surface area contributed by atoms with Gasteiger partial charge in [0.25, 0.3) is 0 Å². The molecule has 0 atom stereocenters. The fraction of sp³-hybridized carbons (Fsp3) is 0.269. The number of ketones is 2. The van der Waals surface area contributed by atoms with Crippen molar-refractivity contribution in [1.82, 2.24) is 4.98 Å². The molecule has 1 aromatic heterocycles. The number of carbonyl (C=O) groups excluding carboxylic acids is 2. The lowest BCUT2D eigenvalue weighted by Crippen LogP contribution is -2.09. The molecule has 0 bridgehead atoms. The van der Waals surface area contributed by atoms with Gasteiger partial charge in [0, 0.05) is 24.0 Å². The average molecular weight is 451 g/mol. The van der Waals surface area contributed by atoms with Gasteiger partial charge in [-0.25, -0.2) is 9.37 Å². The Bertz CT molecular complexity index is 1130. The zero-order valence-corrected chi connectivity index (χ0v) is 18.6. The molecule has 0 amide bonds. The summed E-state index contributed by atoms with van der Waals surface area (Å²) in [5.41, 5.74) is 2.92. The lowest BCUT2D eigenvalue weighted by Gasteiger charge is -2.11. The minimum atomic E-state index is -0.343. The maximum absolute atomic E-state index is 13.3. The van der Waals surface area contributed by atoms with E-state index in [1.54, 1.807) is 36.4 Å². The van der Waals surface area contributed by atoms with Crippen LogP contribution in [0.4, 0.5) is 4.39 Å². The van der Waals surface area contributed by atoms with E-state index in [4.69, 9.17) is 14.6 Å². The highest BCUT2D eigenvalue weighted by Gasteiger charge is 2.16. The van der Waals surface area contributed by atoms with Crippen LogP contribution in [0, 0.1) is 5.82 Å². The van der Waals surface area contributed by atoms with Crippen LogP contribution in [0.5, 0.6) is 11.5 Å². The number of benzene rings is 2. The first-order valence-electron chi connectivity index (χ1n) is 10.7. The predicted molar refractivity (Wildman–Crippen MR) is 122 cm³/mol. The summed E-state index contributed by atoms with van der Waals surface area (Å²) in [6, 6.07) is 14.3. The minimum absolute atomic E-state index is 0.00688. The third-order valence-corrected chi connectivity index (χ3v) is 5.13. The van der Waals surface area contributed by atoms with E-state index in [1.807, 2.05) is 13.0 Å². The van der Waals surface area contributed by atoms with Crippen LogP contribution < -0.4 is 9.47 Å². The first kappa shape index (κ1) is 24.1. The molecular formula is C26H26FNO5. The average Bonchev–Trinajstić information content (AvgIpc) is 2.85. The highest BCUT2D eigenvalue weighted by molar-refractivity contribution is 6.02. The molecule has 0 fully saturated rings. The summed E-state index contributed by atoms with van der Waals surface area (Å²) in [5.74, 6) is 0.0115. The molecule has 33 heavy (non-hydrogen) atoms. The Morgan fingerprint density at radius 3 is 2.36 bits per heavy atom. The molecule has 0 saturated heterocycles. The molecule has 0 radical (unpaired) electrons. The van der Waals surface area contributed by atoms with Crippen molar-refractivity contribution in [3.8, 4) is 22.8 Å². The second kappa shape index (κ2) is 11.3. The highest BCUT2D eigenvalue weighted by Crippen LogP contribution is 2.29. The summed E-state index contributed by atoms with van der Waals surface area (Å²) in [5, 5.41) is 8.90.